The maximum atomic E-state index is 4.43. The van der Waals surface area contributed by atoms with Crippen molar-refractivity contribution in [2.75, 3.05) is 7.05 Å². The van der Waals surface area contributed by atoms with Crippen molar-refractivity contribution >= 4 is 29.9 Å². The number of hydrogen-bond donors (Lipinski definition) is 2. The van der Waals surface area contributed by atoms with Crippen LogP contribution in [0.5, 0.6) is 0 Å². The lowest BCUT2D eigenvalue weighted by Crippen LogP contribution is -2.38. The van der Waals surface area contributed by atoms with Crippen LogP contribution < -0.4 is 10.6 Å². The van der Waals surface area contributed by atoms with Crippen molar-refractivity contribution in [1.82, 2.24) is 20.2 Å². The first kappa shape index (κ1) is 16.8. The predicted molar refractivity (Wildman–Crippen MR) is 99.5 cm³/mol. The van der Waals surface area contributed by atoms with Crippen LogP contribution in [0.25, 0.3) is 0 Å². The van der Waals surface area contributed by atoms with Gasteiger partial charge in [-0.25, -0.2) is 4.98 Å². The molecule has 0 saturated heterocycles. The quantitative estimate of drug-likeness (QED) is 0.452. The zero-order valence-corrected chi connectivity index (χ0v) is 15.0. The summed E-state index contributed by atoms with van der Waals surface area (Å²) in [6, 6.07) is 11.0. The predicted octanol–water partition coefficient (Wildman–Crippen LogP) is 2.38. The van der Waals surface area contributed by atoms with E-state index in [0.717, 1.165) is 18.3 Å². The standard InChI is InChI=1S/C16H21N5.HI/c1-17-16(20-14-7-8-14)19-11-15-18-9-10-21(15)12-13-5-3-2-4-6-13;/h2-6,9-10,14H,7-8,11-12H2,1H3,(H2,17,19,20);1H. The fourth-order valence-electron chi connectivity index (χ4n) is 2.21. The number of aromatic nitrogens is 2. The van der Waals surface area contributed by atoms with Gasteiger partial charge in [0.25, 0.3) is 0 Å². The number of nitrogens with one attached hydrogen (secondary N) is 2. The van der Waals surface area contributed by atoms with E-state index in [1.165, 1.54) is 18.4 Å². The SMILES string of the molecule is CN=C(NCc1nccn1Cc1ccccc1)NC1CC1.I. The first-order chi connectivity index (χ1) is 10.3. The van der Waals surface area contributed by atoms with E-state index in [1.54, 1.807) is 7.05 Å². The number of rotatable bonds is 5. The highest BCUT2D eigenvalue weighted by molar-refractivity contribution is 14.0. The van der Waals surface area contributed by atoms with Gasteiger partial charge in [-0.05, 0) is 18.4 Å². The highest BCUT2D eigenvalue weighted by atomic mass is 127. The molecule has 2 aromatic rings. The number of hydrogen-bond acceptors (Lipinski definition) is 2. The highest BCUT2D eigenvalue weighted by Crippen LogP contribution is 2.18. The van der Waals surface area contributed by atoms with Gasteiger partial charge in [-0.15, -0.1) is 24.0 Å². The summed E-state index contributed by atoms with van der Waals surface area (Å²) in [6.45, 7) is 1.51. The van der Waals surface area contributed by atoms with Gasteiger partial charge in [-0.1, -0.05) is 30.3 Å². The van der Waals surface area contributed by atoms with E-state index in [0.29, 0.717) is 12.6 Å². The van der Waals surface area contributed by atoms with Gasteiger partial charge in [-0.3, -0.25) is 4.99 Å². The van der Waals surface area contributed by atoms with Gasteiger partial charge in [-0.2, -0.15) is 0 Å². The van der Waals surface area contributed by atoms with Crippen molar-refractivity contribution in [3.8, 4) is 0 Å². The molecule has 0 spiro atoms. The van der Waals surface area contributed by atoms with Gasteiger partial charge in [0.2, 0.25) is 0 Å². The summed E-state index contributed by atoms with van der Waals surface area (Å²) in [5.74, 6) is 1.87. The zero-order valence-electron chi connectivity index (χ0n) is 12.7. The molecule has 1 aliphatic rings. The zero-order chi connectivity index (χ0) is 14.5. The lowest BCUT2D eigenvalue weighted by atomic mass is 10.2. The van der Waals surface area contributed by atoms with Crippen LogP contribution >= 0.6 is 24.0 Å². The molecule has 0 aliphatic heterocycles. The average molecular weight is 411 g/mol. The van der Waals surface area contributed by atoms with Gasteiger partial charge >= 0.3 is 0 Å². The number of nitrogens with zero attached hydrogens (tertiary/aromatic N) is 3. The van der Waals surface area contributed by atoms with Crippen LogP contribution in [0.2, 0.25) is 0 Å². The number of guanidine groups is 1. The molecule has 1 saturated carbocycles. The Labute approximate surface area is 148 Å². The number of benzene rings is 1. The monoisotopic (exact) mass is 411 g/mol. The molecule has 0 amide bonds. The molecule has 2 N–H and O–H groups in total. The van der Waals surface area contributed by atoms with Crippen LogP contribution in [0.4, 0.5) is 0 Å². The molecule has 5 nitrogen and oxygen atoms in total. The molecule has 6 heteroatoms. The summed E-state index contributed by atoms with van der Waals surface area (Å²) in [7, 11) is 1.80. The average Bonchev–Trinajstić information content (AvgIpc) is 3.23. The molecule has 0 unspecified atom stereocenters. The Morgan fingerprint density at radius 1 is 1.32 bits per heavy atom. The smallest absolute Gasteiger partial charge is 0.191 e. The molecule has 1 heterocycles. The minimum absolute atomic E-state index is 0. The van der Waals surface area contributed by atoms with Crippen LogP contribution in [0, 0.1) is 0 Å². The van der Waals surface area contributed by atoms with Crippen LogP contribution in [0.15, 0.2) is 47.7 Å². The Kier molecular flexibility index (Phi) is 6.23. The van der Waals surface area contributed by atoms with E-state index in [9.17, 15) is 0 Å². The summed E-state index contributed by atoms with van der Waals surface area (Å²) in [5, 5.41) is 6.70. The van der Waals surface area contributed by atoms with Crippen molar-refractivity contribution in [1.29, 1.82) is 0 Å². The lowest BCUT2D eigenvalue weighted by molar-refractivity contribution is 0.687. The molecule has 1 aliphatic carbocycles. The van der Waals surface area contributed by atoms with Gasteiger partial charge in [0.1, 0.15) is 5.82 Å². The molecule has 1 aromatic heterocycles. The number of halogens is 1. The Balaban J connectivity index is 0.00000176. The molecule has 3 rings (SSSR count). The van der Waals surface area contributed by atoms with Crippen LogP contribution in [0.3, 0.4) is 0 Å². The minimum atomic E-state index is 0. The minimum Gasteiger partial charge on any atom is -0.354 e. The van der Waals surface area contributed by atoms with E-state index in [2.05, 4.69) is 49.4 Å². The Morgan fingerprint density at radius 3 is 2.77 bits per heavy atom. The van der Waals surface area contributed by atoms with Crippen molar-refractivity contribution in [3.05, 3.63) is 54.1 Å². The van der Waals surface area contributed by atoms with Crippen molar-refractivity contribution in [2.45, 2.75) is 32.0 Å². The van der Waals surface area contributed by atoms with Gasteiger partial charge in [0, 0.05) is 32.0 Å². The third kappa shape index (κ3) is 4.72. The molecular weight excluding hydrogens is 389 g/mol. The van der Waals surface area contributed by atoms with E-state index < -0.39 is 0 Å². The molecule has 0 radical (unpaired) electrons. The topological polar surface area (TPSA) is 54.2 Å². The first-order valence-corrected chi connectivity index (χ1v) is 7.36. The maximum Gasteiger partial charge on any atom is 0.191 e. The second kappa shape index (κ2) is 8.17. The molecule has 22 heavy (non-hydrogen) atoms. The fraction of sp³-hybridized carbons (Fsp3) is 0.375. The highest BCUT2D eigenvalue weighted by Gasteiger charge is 2.22. The Morgan fingerprint density at radius 2 is 2.09 bits per heavy atom. The van der Waals surface area contributed by atoms with Crippen molar-refractivity contribution in [2.24, 2.45) is 4.99 Å². The third-order valence-corrected chi connectivity index (χ3v) is 3.55. The van der Waals surface area contributed by atoms with E-state index in [4.69, 9.17) is 0 Å². The third-order valence-electron chi connectivity index (χ3n) is 3.55. The first-order valence-electron chi connectivity index (χ1n) is 7.36. The molecule has 1 aromatic carbocycles. The van der Waals surface area contributed by atoms with Crippen molar-refractivity contribution in [3.63, 3.8) is 0 Å². The summed E-state index contributed by atoms with van der Waals surface area (Å²) < 4.78 is 2.16. The van der Waals surface area contributed by atoms with Gasteiger partial charge < -0.3 is 15.2 Å². The largest absolute Gasteiger partial charge is 0.354 e. The summed E-state index contributed by atoms with van der Waals surface area (Å²) in [5.41, 5.74) is 1.28. The van der Waals surface area contributed by atoms with E-state index in [-0.39, 0.29) is 24.0 Å². The lowest BCUT2D eigenvalue weighted by Gasteiger charge is -2.12. The van der Waals surface area contributed by atoms with Gasteiger partial charge in [0.15, 0.2) is 5.96 Å². The van der Waals surface area contributed by atoms with Gasteiger partial charge in [0.05, 0.1) is 6.54 Å². The summed E-state index contributed by atoms with van der Waals surface area (Å²) >= 11 is 0. The maximum absolute atomic E-state index is 4.43. The Hall–Kier alpha value is -1.57. The Bertz CT molecular complexity index is 604. The van der Waals surface area contributed by atoms with E-state index in [1.807, 2.05) is 18.5 Å². The summed E-state index contributed by atoms with van der Waals surface area (Å²) in [4.78, 5) is 8.67. The molecular formula is C16H22IN5. The summed E-state index contributed by atoms with van der Waals surface area (Å²) in [6.07, 6.45) is 6.34. The molecule has 1 fully saturated rings. The van der Waals surface area contributed by atoms with Crippen LogP contribution in [-0.4, -0.2) is 28.6 Å². The number of aliphatic imine (C=N–C) groups is 1. The van der Waals surface area contributed by atoms with Crippen LogP contribution in [0.1, 0.15) is 24.2 Å². The normalized spacial score (nSPS) is 14.3. The van der Waals surface area contributed by atoms with E-state index >= 15 is 0 Å². The molecule has 118 valence electrons. The molecule has 0 bridgehead atoms. The van der Waals surface area contributed by atoms with Crippen molar-refractivity contribution < 1.29 is 0 Å². The second-order valence-electron chi connectivity index (χ2n) is 5.30. The fourth-order valence-corrected chi connectivity index (χ4v) is 2.21. The second-order valence-corrected chi connectivity index (χ2v) is 5.30. The number of imidazole rings is 1. The molecule has 0 atom stereocenters. The van der Waals surface area contributed by atoms with Crippen LogP contribution in [-0.2, 0) is 13.1 Å².